The lowest BCUT2D eigenvalue weighted by atomic mass is 10.4. The Morgan fingerprint density at radius 1 is 0.955 bits per heavy atom. The minimum absolute atomic E-state index is 0.0515. The number of hydrogen-bond acceptors (Lipinski definition) is 5. The highest BCUT2D eigenvalue weighted by Gasteiger charge is 2.22. The third kappa shape index (κ3) is 4.77. The van der Waals surface area contributed by atoms with Gasteiger partial charge in [0.05, 0.1) is 16.9 Å². The summed E-state index contributed by atoms with van der Waals surface area (Å²) < 4.78 is 49.1. The zero-order valence-electron chi connectivity index (χ0n) is 12.7. The fourth-order valence-electron chi connectivity index (χ4n) is 2.50. The minimum atomic E-state index is -3.29. The molecule has 0 amide bonds. The molecule has 1 saturated heterocycles. The second-order valence-electron chi connectivity index (χ2n) is 5.49. The molecule has 124 valence electrons. The van der Waals surface area contributed by atoms with E-state index >= 15 is 0 Å². The van der Waals surface area contributed by atoms with Crippen LogP contribution >= 0.6 is 0 Å². The van der Waals surface area contributed by atoms with Gasteiger partial charge in [-0.15, -0.1) is 0 Å². The van der Waals surface area contributed by atoms with Gasteiger partial charge in [0.1, 0.15) is 0 Å². The molecular formula is C14H22N2O4S2. The maximum absolute atomic E-state index is 12.3. The van der Waals surface area contributed by atoms with Crippen LogP contribution in [0.2, 0.25) is 0 Å². The van der Waals surface area contributed by atoms with Crippen LogP contribution in [0.15, 0.2) is 35.2 Å². The highest BCUT2D eigenvalue weighted by atomic mass is 32.2. The Labute approximate surface area is 132 Å². The predicted octanol–water partition coefficient (Wildman–Crippen LogP) is 0.428. The Balaban J connectivity index is 1.93. The fraction of sp³-hybridized carbons (Fsp3) is 0.571. The van der Waals surface area contributed by atoms with E-state index in [-0.39, 0.29) is 5.75 Å². The average molecular weight is 346 g/mol. The zero-order valence-corrected chi connectivity index (χ0v) is 14.3. The molecule has 8 heteroatoms. The number of sulfone groups is 1. The number of sulfonamides is 1. The summed E-state index contributed by atoms with van der Waals surface area (Å²) in [6, 6.07) is 8.41. The molecule has 0 bridgehead atoms. The molecule has 22 heavy (non-hydrogen) atoms. The molecule has 0 unspecified atom stereocenters. The normalized spacial score (nSPS) is 19.0. The van der Waals surface area contributed by atoms with Crippen molar-refractivity contribution in [2.45, 2.75) is 11.3 Å². The summed E-state index contributed by atoms with van der Waals surface area (Å²) in [6.45, 7) is 2.63. The van der Waals surface area contributed by atoms with E-state index in [0.29, 0.717) is 31.1 Å². The summed E-state index contributed by atoms with van der Waals surface area (Å²) in [4.78, 5) is 2.36. The predicted molar refractivity (Wildman–Crippen MR) is 86.0 cm³/mol. The number of benzene rings is 1. The molecule has 0 radical (unpaired) electrons. The van der Waals surface area contributed by atoms with E-state index in [1.54, 1.807) is 30.3 Å². The molecule has 1 aliphatic heterocycles. The van der Waals surface area contributed by atoms with Crippen molar-refractivity contribution in [2.24, 2.45) is 0 Å². The van der Waals surface area contributed by atoms with Gasteiger partial charge in [-0.2, -0.15) is 0 Å². The molecule has 6 nitrogen and oxygen atoms in total. The minimum Gasteiger partial charge on any atom is -0.301 e. The molecule has 1 heterocycles. The van der Waals surface area contributed by atoms with Gasteiger partial charge in [-0.25, -0.2) is 21.1 Å². The van der Waals surface area contributed by atoms with Gasteiger partial charge in [0.15, 0.2) is 9.84 Å². The molecule has 0 spiro atoms. The second-order valence-corrected chi connectivity index (χ2v) is 9.58. The lowest BCUT2D eigenvalue weighted by molar-refractivity contribution is 0.302. The molecule has 1 aromatic carbocycles. The van der Waals surface area contributed by atoms with E-state index in [2.05, 4.69) is 0 Å². The highest BCUT2D eigenvalue weighted by Crippen LogP contribution is 2.12. The van der Waals surface area contributed by atoms with Gasteiger partial charge >= 0.3 is 0 Å². The van der Waals surface area contributed by atoms with Gasteiger partial charge < -0.3 is 4.90 Å². The van der Waals surface area contributed by atoms with Crippen molar-refractivity contribution in [2.75, 3.05) is 44.7 Å². The van der Waals surface area contributed by atoms with E-state index in [4.69, 9.17) is 0 Å². The maximum Gasteiger partial charge on any atom is 0.211 e. The third-order valence-corrected chi connectivity index (χ3v) is 6.81. The van der Waals surface area contributed by atoms with E-state index in [9.17, 15) is 16.8 Å². The van der Waals surface area contributed by atoms with Crippen molar-refractivity contribution in [1.29, 1.82) is 0 Å². The van der Waals surface area contributed by atoms with Crippen LogP contribution in [-0.4, -0.2) is 70.8 Å². The molecule has 1 aromatic rings. The summed E-state index contributed by atoms with van der Waals surface area (Å²) in [7, 11) is -6.46. The standard InChI is InChI=1S/C14H22N2O4S2/c1-21(17,18)16-9-5-8-15(10-11-16)12-13-22(19,20)14-6-3-2-4-7-14/h2-4,6-7H,5,8-13H2,1H3. The van der Waals surface area contributed by atoms with Gasteiger partial charge in [0.25, 0.3) is 0 Å². The molecule has 0 atom stereocenters. The van der Waals surface area contributed by atoms with Crippen LogP contribution in [0.25, 0.3) is 0 Å². The van der Waals surface area contributed by atoms with Crippen molar-refractivity contribution in [1.82, 2.24) is 9.21 Å². The number of hydrogen-bond donors (Lipinski definition) is 0. The summed E-state index contributed by atoms with van der Waals surface area (Å²) in [5, 5.41) is 0. The van der Waals surface area contributed by atoms with Crippen LogP contribution in [0.3, 0.4) is 0 Å². The van der Waals surface area contributed by atoms with Crippen molar-refractivity contribution in [3.63, 3.8) is 0 Å². The molecule has 1 aliphatic rings. The Morgan fingerprint density at radius 3 is 2.27 bits per heavy atom. The average Bonchev–Trinajstić information content (AvgIpc) is 2.71. The van der Waals surface area contributed by atoms with Crippen LogP contribution in [0.5, 0.6) is 0 Å². The van der Waals surface area contributed by atoms with Gasteiger partial charge in [0.2, 0.25) is 10.0 Å². The lowest BCUT2D eigenvalue weighted by Gasteiger charge is -2.20. The van der Waals surface area contributed by atoms with E-state index in [1.165, 1.54) is 10.6 Å². The number of nitrogens with zero attached hydrogens (tertiary/aromatic N) is 2. The monoisotopic (exact) mass is 346 g/mol. The van der Waals surface area contributed by atoms with E-state index < -0.39 is 19.9 Å². The first kappa shape index (κ1) is 17.4. The summed E-state index contributed by atoms with van der Waals surface area (Å²) in [5.74, 6) is 0.0515. The largest absolute Gasteiger partial charge is 0.301 e. The van der Waals surface area contributed by atoms with E-state index in [0.717, 1.165) is 13.0 Å². The Morgan fingerprint density at radius 2 is 1.64 bits per heavy atom. The Hall–Kier alpha value is -0.960. The quantitative estimate of drug-likeness (QED) is 0.773. The van der Waals surface area contributed by atoms with Gasteiger partial charge in [-0.3, -0.25) is 0 Å². The number of rotatable bonds is 5. The molecule has 0 saturated carbocycles. The smallest absolute Gasteiger partial charge is 0.211 e. The van der Waals surface area contributed by atoms with Crippen LogP contribution in [0, 0.1) is 0 Å². The Kier molecular flexibility index (Phi) is 5.60. The molecule has 0 aliphatic carbocycles. The molecule has 2 rings (SSSR count). The van der Waals surface area contributed by atoms with E-state index in [1.807, 2.05) is 4.90 Å². The van der Waals surface area contributed by atoms with Crippen LogP contribution < -0.4 is 0 Å². The third-order valence-electron chi connectivity index (χ3n) is 3.80. The maximum atomic E-state index is 12.3. The van der Waals surface area contributed by atoms with Crippen LogP contribution in [0.1, 0.15) is 6.42 Å². The van der Waals surface area contributed by atoms with Crippen molar-refractivity contribution in [3.8, 4) is 0 Å². The first-order valence-electron chi connectivity index (χ1n) is 7.24. The second kappa shape index (κ2) is 7.08. The fourth-order valence-corrected chi connectivity index (χ4v) is 4.68. The molecule has 0 N–H and O–H groups in total. The summed E-state index contributed by atoms with van der Waals surface area (Å²) >= 11 is 0. The molecule has 1 fully saturated rings. The van der Waals surface area contributed by atoms with Crippen molar-refractivity contribution >= 4 is 19.9 Å². The molecular weight excluding hydrogens is 324 g/mol. The summed E-state index contributed by atoms with van der Waals surface area (Å²) in [6.07, 6.45) is 1.93. The van der Waals surface area contributed by atoms with Crippen molar-refractivity contribution in [3.05, 3.63) is 30.3 Å². The van der Waals surface area contributed by atoms with Gasteiger partial charge in [-0.1, -0.05) is 18.2 Å². The van der Waals surface area contributed by atoms with Gasteiger partial charge in [0, 0.05) is 26.2 Å². The topological polar surface area (TPSA) is 74.8 Å². The first-order valence-corrected chi connectivity index (χ1v) is 10.7. The first-order chi connectivity index (χ1) is 10.3. The zero-order chi connectivity index (χ0) is 16.2. The molecule has 0 aromatic heterocycles. The van der Waals surface area contributed by atoms with Crippen LogP contribution in [-0.2, 0) is 19.9 Å². The van der Waals surface area contributed by atoms with Crippen LogP contribution in [0.4, 0.5) is 0 Å². The lowest BCUT2D eigenvalue weighted by Crippen LogP contribution is -2.36. The van der Waals surface area contributed by atoms with Gasteiger partial charge in [-0.05, 0) is 25.1 Å². The SMILES string of the molecule is CS(=O)(=O)N1CCCN(CCS(=O)(=O)c2ccccc2)CC1. The Bertz CT molecular complexity index is 687. The summed E-state index contributed by atoms with van der Waals surface area (Å²) in [5.41, 5.74) is 0. The highest BCUT2D eigenvalue weighted by molar-refractivity contribution is 7.91. The van der Waals surface area contributed by atoms with Crippen molar-refractivity contribution < 1.29 is 16.8 Å².